The summed E-state index contributed by atoms with van der Waals surface area (Å²) in [4.78, 5) is 27.5. The average molecular weight is 395 g/mol. The van der Waals surface area contributed by atoms with Crippen LogP contribution in [0.1, 0.15) is 25.3 Å². The number of nitrogens with one attached hydrogen (secondary N) is 1. The van der Waals surface area contributed by atoms with Crippen molar-refractivity contribution in [3.8, 4) is 0 Å². The molecule has 0 spiro atoms. The molecule has 154 valence electrons. The number of rotatable bonds is 5. The Labute approximate surface area is 173 Å². The molecule has 1 N–H and O–H groups in total. The van der Waals surface area contributed by atoms with Crippen LogP contribution in [0.3, 0.4) is 0 Å². The maximum atomic E-state index is 13.1. The average Bonchev–Trinajstić information content (AvgIpc) is 2.80. The molecule has 3 heterocycles. The van der Waals surface area contributed by atoms with Crippen LogP contribution in [0.5, 0.6) is 0 Å². The van der Waals surface area contributed by atoms with E-state index in [9.17, 15) is 4.79 Å². The quantitative estimate of drug-likeness (QED) is 0.824. The van der Waals surface area contributed by atoms with E-state index in [4.69, 9.17) is 0 Å². The first-order valence-electron chi connectivity index (χ1n) is 10.9. The van der Waals surface area contributed by atoms with Crippen LogP contribution in [-0.4, -0.2) is 66.1 Å². The minimum atomic E-state index is 0.0273. The predicted octanol–water partition coefficient (Wildman–Crippen LogP) is 1.05. The molecule has 0 saturated carbocycles. The lowest BCUT2D eigenvalue weighted by molar-refractivity contribution is -0.915. The van der Waals surface area contributed by atoms with Gasteiger partial charge in [0, 0.05) is 25.5 Å². The highest BCUT2D eigenvalue weighted by molar-refractivity contribution is 5.80. The van der Waals surface area contributed by atoms with Gasteiger partial charge in [-0.15, -0.1) is 0 Å². The topological polar surface area (TPSA) is 53.8 Å². The third-order valence-electron chi connectivity index (χ3n) is 6.52. The minimum Gasteiger partial charge on any atom is -0.338 e. The molecule has 1 aromatic carbocycles. The first-order chi connectivity index (χ1) is 14.2. The van der Waals surface area contributed by atoms with Crippen LogP contribution in [0.15, 0.2) is 48.8 Å². The van der Waals surface area contributed by atoms with Crippen LogP contribution in [0, 0.1) is 5.92 Å². The van der Waals surface area contributed by atoms with E-state index in [1.54, 1.807) is 12.4 Å². The summed E-state index contributed by atoms with van der Waals surface area (Å²) in [6.45, 7) is 7.61. The molecule has 6 nitrogen and oxygen atoms in total. The molecule has 0 radical (unpaired) electrons. The summed E-state index contributed by atoms with van der Waals surface area (Å²) in [5.74, 6) is 1.81. The van der Waals surface area contributed by atoms with E-state index in [0.717, 1.165) is 64.5 Å². The number of aromatic nitrogens is 2. The molecular formula is C23H32N5O+. The second-order valence-corrected chi connectivity index (χ2v) is 8.37. The van der Waals surface area contributed by atoms with Gasteiger partial charge in [-0.2, -0.15) is 0 Å². The largest absolute Gasteiger partial charge is 0.338 e. The van der Waals surface area contributed by atoms with Gasteiger partial charge in [0.25, 0.3) is 5.91 Å². The maximum absolute atomic E-state index is 13.1. The zero-order valence-electron chi connectivity index (χ0n) is 17.3. The lowest BCUT2D eigenvalue weighted by atomic mass is 9.90. The fraction of sp³-hybridized carbons (Fsp3) is 0.522. The second kappa shape index (κ2) is 9.35. The number of carbonyl (C=O) groups is 1. The van der Waals surface area contributed by atoms with E-state index in [1.165, 1.54) is 10.5 Å². The Hall–Kier alpha value is -2.47. The molecule has 1 aromatic heterocycles. The molecule has 4 rings (SSSR count). The summed E-state index contributed by atoms with van der Waals surface area (Å²) in [6.07, 6.45) is 6.93. The van der Waals surface area contributed by atoms with Gasteiger partial charge in [-0.25, -0.2) is 9.97 Å². The zero-order valence-corrected chi connectivity index (χ0v) is 17.3. The Balaban J connectivity index is 1.24. The van der Waals surface area contributed by atoms with E-state index in [-0.39, 0.29) is 6.04 Å². The van der Waals surface area contributed by atoms with Crippen molar-refractivity contribution < 1.29 is 9.69 Å². The Morgan fingerprint density at radius 1 is 1.03 bits per heavy atom. The molecule has 2 aromatic rings. The van der Waals surface area contributed by atoms with E-state index >= 15 is 0 Å². The second-order valence-electron chi connectivity index (χ2n) is 8.37. The monoisotopic (exact) mass is 394 g/mol. The standard InChI is InChI=1S/C23H31N5O/c1-19(26-14-16-28(17-15-26)23-24-10-5-11-25-23)22(29)27-12-8-21(9-13-27)18-20-6-3-2-4-7-20/h2-7,10-11,19,21H,8-9,12-18H2,1H3/p+1/t19-/m0/s1. The van der Waals surface area contributed by atoms with Gasteiger partial charge in [0.15, 0.2) is 6.04 Å². The molecule has 2 aliphatic rings. The van der Waals surface area contributed by atoms with Crippen LogP contribution in [0.25, 0.3) is 0 Å². The highest BCUT2D eigenvalue weighted by Gasteiger charge is 2.34. The molecule has 1 amide bonds. The van der Waals surface area contributed by atoms with Gasteiger partial charge in [-0.05, 0) is 43.7 Å². The van der Waals surface area contributed by atoms with Crippen molar-refractivity contribution in [3.05, 3.63) is 54.4 Å². The summed E-state index contributed by atoms with van der Waals surface area (Å²) in [5, 5.41) is 0. The van der Waals surface area contributed by atoms with Gasteiger partial charge in [-0.1, -0.05) is 30.3 Å². The molecule has 0 aliphatic carbocycles. The number of benzene rings is 1. The number of anilines is 1. The van der Waals surface area contributed by atoms with E-state index in [0.29, 0.717) is 11.8 Å². The Morgan fingerprint density at radius 3 is 2.34 bits per heavy atom. The molecule has 0 bridgehead atoms. The maximum Gasteiger partial charge on any atom is 0.280 e. The minimum absolute atomic E-state index is 0.0273. The summed E-state index contributed by atoms with van der Waals surface area (Å²) in [6, 6.07) is 12.6. The van der Waals surface area contributed by atoms with Crippen LogP contribution in [0.4, 0.5) is 5.95 Å². The number of amides is 1. The van der Waals surface area contributed by atoms with E-state index in [1.807, 2.05) is 6.07 Å². The molecule has 2 saturated heterocycles. The predicted molar refractivity (Wildman–Crippen MR) is 114 cm³/mol. The number of hydrogen-bond donors (Lipinski definition) is 1. The van der Waals surface area contributed by atoms with Gasteiger partial charge in [0.05, 0.1) is 26.2 Å². The van der Waals surface area contributed by atoms with Crippen molar-refractivity contribution in [2.45, 2.75) is 32.2 Å². The third kappa shape index (κ3) is 4.93. The fourth-order valence-electron chi connectivity index (χ4n) is 4.63. The van der Waals surface area contributed by atoms with Crippen molar-refractivity contribution in [1.82, 2.24) is 14.9 Å². The number of hydrogen-bond acceptors (Lipinski definition) is 4. The molecule has 2 aliphatic heterocycles. The first kappa shape index (κ1) is 19.8. The SMILES string of the molecule is C[C@@H](C(=O)N1CCC(Cc2ccccc2)CC1)[NH+]1CCN(c2ncccn2)CC1. The summed E-state index contributed by atoms with van der Waals surface area (Å²) < 4.78 is 0. The molecule has 6 heteroatoms. The number of carbonyl (C=O) groups excluding carboxylic acids is 1. The van der Waals surface area contributed by atoms with Crippen molar-refractivity contribution >= 4 is 11.9 Å². The van der Waals surface area contributed by atoms with Crippen LogP contribution >= 0.6 is 0 Å². The van der Waals surface area contributed by atoms with Gasteiger partial charge in [-0.3, -0.25) is 4.79 Å². The van der Waals surface area contributed by atoms with Crippen LogP contribution in [-0.2, 0) is 11.2 Å². The van der Waals surface area contributed by atoms with Crippen molar-refractivity contribution in [2.24, 2.45) is 5.92 Å². The number of quaternary nitrogens is 1. The molecule has 1 atom stereocenters. The summed E-state index contributed by atoms with van der Waals surface area (Å²) >= 11 is 0. The lowest BCUT2D eigenvalue weighted by Crippen LogP contribution is -3.19. The highest BCUT2D eigenvalue weighted by Crippen LogP contribution is 2.22. The Kier molecular flexibility index (Phi) is 6.39. The van der Waals surface area contributed by atoms with Gasteiger partial charge >= 0.3 is 0 Å². The van der Waals surface area contributed by atoms with Crippen molar-refractivity contribution in [2.75, 3.05) is 44.2 Å². The molecule has 29 heavy (non-hydrogen) atoms. The smallest absolute Gasteiger partial charge is 0.280 e. The van der Waals surface area contributed by atoms with Gasteiger partial charge < -0.3 is 14.7 Å². The third-order valence-corrected chi connectivity index (χ3v) is 6.52. The Morgan fingerprint density at radius 2 is 1.69 bits per heavy atom. The van der Waals surface area contributed by atoms with E-state index < -0.39 is 0 Å². The molecule has 2 fully saturated rings. The molecular weight excluding hydrogens is 362 g/mol. The number of likely N-dealkylation sites (tertiary alicyclic amines) is 1. The first-order valence-corrected chi connectivity index (χ1v) is 10.9. The number of piperazine rings is 1. The van der Waals surface area contributed by atoms with Crippen LogP contribution < -0.4 is 9.80 Å². The zero-order chi connectivity index (χ0) is 20.1. The van der Waals surface area contributed by atoms with Crippen molar-refractivity contribution in [1.29, 1.82) is 0 Å². The molecule has 0 unspecified atom stereocenters. The highest BCUT2D eigenvalue weighted by atomic mass is 16.2. The van der Waals surface area contributed by atoms with Gasteiger partial charge in [0.2, 0.25) is 5.95 Å². The fourth-order valence-corrected chi connectivity index (χ4v) is 4.63. The summed E-state index contributed by atoms with van der Waals surface area (Å²) in [5.41, 5.74) is 1.41. The number of piperidine rings is 1. The van der Waals surface area contributed by atoms with Gasteiger partial charge in [0.1, 0.15) is 0 Å². The number of nitrogens with zero attached hydrogens (tertiary/aromatic N) is 4. The van der Waals surface area contributed by atoms with Crippen LogP contribution in [0.2, 0.25) is 0 Å². The lowest BCUT2D eigenvalue weighted by Gasteiger charge is -2.38. The Bertz CT molecular complexity index is 768. The summed E-state index contributed by atoms with van der Waals surface area (Å²) in [7, 11) is 0. The van der Waals surface area contributed by atoms with Crippen molar-refractivity contribution in [3.63, 3.8) is 0 Å². The van der Waals surface area contributed by atoms with E-state index in [2.05, 4.69) is 57.0 Å². The normalized spacial score (nSPS) is 19.9.